The number of rotatable bonds is 6. The van der Waals surface area contributed by atoms with Gasteiger partial charge in [-0.05, 0) is 0 Å². The summed E-state index contributed by atoms with van der Waals surface area (Å²) in [5.41, 5.74) is 0. The fraction of sp³-hybridized carbons (Fsp3) is 0.857. The van der Waals surface area contributed by atoms with E-state index in [0.717, 1.165) is 0 Å². The zero-order valence-electron chi connectivity index (χ0n) is 7.70. The Hall–Kier alpha value is -0.960. The van der Waals surface area contributed by atoms with Crippen LogP contribution >= 0.6 is 0 Å². The van der Waals surface area contributed by atoms with Gasteiger partial charge in [-0.1, -0.05) is 0 Å². The second-order valence-electron chi connectivity index (χ2n) is 2.97. The van der Waals surface area contributed by atoms with Crippen LogP contribution in [0.4, 0.5) is 39.5 Å². The summed E-state index contributed by atoms with van der Waals surface area (Å²) in [5.74, 6) is -5.56. The Morgan fingerprint density at radius 1 is 0.824 bits per heavy atom. The summed E-state index contributed by atoms with van der Waals surface area (Å²) < 4.78 is 109. The molecule has 1 nitrogen and oxygen atoms in total. The molecule has 0 rings (SSSR count). The van der Waals surface area contributed by atoms with Crippen molar-refractivity contribution in [2.45, 2.75) is 37.0 Å². The quantitative estimate of drug-likeness (QED) is 0.538. The molecular formula is C7H5F9O. The molecule has 0 spiro atoms. The van der Waals surface area contributed by atoms with E-state index < -0.39 is 43.1 Å². The highest BCUT2D eigenvalue weighted by atomic mass is 19.3. The average molecular weight is 276 g/mol. The molecule has 0 aromatic rings. The summed E-state index contributed by atoms with van der Waals surface area (Å²) in [6, 6.07) is -3.62. The average Bonchev–Trinajstić information content (AvgIpc) is 2.24. The number of hydrogen-bond donors (Lipinski definition) is 0. The lowest BCUT2D eigenvalue weighted by Gasteiger charge is -2.23. The van der Waals surface area contributed by atoms with Crippen LogP contribution in [-0.4, -0.2) is 43.1 Å². The molecule has 10 heteroatoms. The lowest BCUT2D eigenvalue weighted by atomic mass is 10.0. The molecule has 4 atom stereocenters. The number of carbonyl (C=O) groups is 1. The molecule has 0 N–H and O–H groups in total. The van der Waals surface area contributed by atoms with Crippen LogP contribution in [0.15, 0.2) is 0 Å². The summed E-state index contributed by atoms with van der Waals surface area (Å²) in [6.45, 7) is 0. The van der Waals surface area contributed by atoms with Gasteiger partial charge >= 0.3 is 12.0 Å². The summed E-state index contributed by atoms with van der Waals surface area (Å²) >= 11 is 0. The Labute approximate surface area is 88.6 Å². The molecule has 4 unspecified atom stereocenters. The molecule has 0 aliphatic rings. The van der Waals surface area contributed by atoms with Crippen molar-refractivity contribution < 1.29 is 44.3 Å². The molecule has 0 aromatic heterocycles. The van der Waals surface area contributed by atoms with Gasteiger partial charge in [0.25, 0.3) is 6.43 Å². The molecule has 17 heavy (non-hydrogen) atoms. The molecule has 0 heterocycles. The molecule has 0 fully saturated rings. The van der Waals surface area contributed by atoms with Crippen molar-refractivity contribution in [1.82, 2.24) is 0 Å². The van der Waals surface area contributed by atoms with Crippen molar-refractivity contribution in [3.63, 3.8) is 0 Å². The van der Waals surface area contributed by atoms with Crippen LogP contribution in [0.2, 0.25) is 0 Å². The lowest BCUT2D eigenvalue weighted by Crippen LogP contribution is -2.48. The summed E-state index contributed by atoms with van der Waals surface area (Å²) in [7, 11) is 0. The molecule has 0 aliphatic heterocycles. The molecule has 0 saturated carbocycles. The van der Waals surface area contributed by atoms with Gasteiger partial charge in [0, 0.05) is 0 Å². The van der Waals surface area contributed by atoms with Crippen molar-refractivity contribution in [1.29, 1.82) is 0 Å². The van der Waals surface area contributed by atoms with Crippen LogP contribution in [0.25, 0.3) is 0 Å². The highest BCUT2D eigenvalue weighted by molar-refractivity contribution is 5.77. The Kier molecular flexibility index (Phi) is 5.27. The fourth-order valence-electron chi connectivity index (χ4n) is 0.784. The predicted molar refractivity (Wildman–Crippen MR) is 36.7 cm³/mol. The lowest BCUT2D eigenvalue weighted by molar-refractivity contribution is -0.175. The van der Waals surface area contributed by atoms with E-state index in [1.165, 1.54) is 0 Å². The Bertz CT molecular complexity index is 268. The first-order valence-electron chi connectivity index (χ1n) is 3.95. The number of halogens is 9. The van der Waals surface area contributed by atoms with Crippen molar-refractivity contribution in [2.75, 3.05) is 0 Å². The van der Waals surface area contributed by atoms with Gasteiger partial charge in [-0.3, -0.25) is 4.79 Å². The zero-order valence-corrected chi connectivity index (χ0v) is 7.70. The van der Waals surface area contributed by atoms with Crippen LogP contribution in [0, 0.1) is 0 Å². The van der Waals surface area contributed by atoms with Crippen molar-refractivity contribution in [3.05, 3.63) is 0 Å². The fourth-order valence-corrected chi connectivity index (χ4v) is 0.784. The summed E-state index contributed by atoms with van der Waals surface area (Å²) in [4.78, 5) is 9.55. The smallest absolute Gasteiger partial charge is 0.254 e. The molecule has 0 saturated heterocycles. The molecule has 0 amide bonds. The molecule has 0 radical (unpaired) electrons. The third kappa shape index (κ3) is 3.50. The van der Waals surface area contributed by atoms with Crippen LogP contribution in [0.3, 0.4) is 0 Å². The monoisotopic (exact) mass is 276 g/mol. The minimum atomic E-state index is -5.56. The molecule has 0 aliphatic carbocycles. The molecule has 0 bridgehead atoms. The van der Waals surface area contributed by atoms with E-state index in [0.29, 0.717) is 0 Å². The van der Waals surface area contributed by atoms with Gasteiger partial charge in [-0.2, -0.15) is 13.2 Å². The zero-order chi connectivity index (χ0) is 14.0. The summed E-state index contributed by atoms with van der Waals surface area (Å²) in [5, 5.41) is 0. The maximum atomic E-state index is 12.5. The standard InChI is InChI=1S/C7H5F9O/c8-1(3(10)5(12)13)2(9)4(11)7(15,16)6(14)17/h1-5H. The Balaban J connectivity index is 4.82. The highest BCUT2D eigenvalue weighted by Gasteiger charge is 2.56. The second kappa shape index (κ2) is 5.58. The maximum Gasteiger partial charge on any atom is 0.373 e. The normalized spacial score (nSPS) is 19.9. The Morgan fingerprint density at radius 2 is 1.24 bits per heavy atom. The van der Waals surface area contributed by atoms with Gasteiger partial charge in [0.15, 0.2) is 18.5 Å². The maximum absolute atomic E-state index is 12.5. The number of carbonyl (C=O) groups excluding carboxylic acids is 1. The summed E-state index contributed by atoms with van der Waals surface area (Å²) in [6.07, 6.45) is -20.4. The van der Waals surface area contributed by atoms with Crippen LogP contribution < -0.4 is 0 Å². The van der Waals surface area contributed by atoms with Crippen LogP contribution in [0.5, 0.6) is 0 Å². The minimum Gasteiger partial charge on any atom is -0.254 e. The first kappa shape index (κ1) is 16.0. The van der Waals surface area contributed by atoms with Gasteiger partial charge < -0.3 is 0 Å². The second-order valence-corrected chi connectivity index (χ2v) is 2.97. The first-order valence-corrected chi connectivity index (χ1v) is 3.95. The van der Waals surface area contributed by atoms with Gasteiger partial charge in [0.05, 0.1) is 0 Å². The third-order valence-corrected chi connectivity index (χ3v) is 1.74. The third-order valence-electron chi connectivity index (χ3n) is 1.74. The molecule has 102 valence electrons. The SMILES string of the molecule is O=C(F)C(F)(F)C(F)C(F)C(F)C(F)C(F)F. The molecule has 0 aromatic carbocycles. The van der Waals surface area contributed by atoms with E-state index in [-0.39, 0.29) is 0 Å². The van der Waals surface area contributed by atoms with Gasteiger partial charge in [0.1, 0.15) is 0 Å². The van der Waals surface area contributed by atoms with Crippen molar-refractivity contribution >= 4 is 6.04 Å². The van der Waals surface area contributed by atoms with E-state index >= 15 is 0 Å². The van der Waals surface area contributed by atoms with E-state index in [1.54, 1.807) is 0 Å². The van der Waals surface area contributed by atoms with Gasteiger partial charge in [0.2, 0.25) is 6.17 Å². The highest BCUT2D eigenvalue weighted by Crippen LogP contribution is 2.31. The van der Waals surface area contributed by atoms with Crippen LogP contribution in [-0.2, 0) is 4.79 Å². The number of hydrogen-bond acceptors (Lipinski definition) is 1. The van der Waals surface area contributed by atoms with Crippen molar-refractivity contribution in [2.24, 2.45) is 0 Å². The molecular weight excluding hydrogens is 271 g/mol. The van der Waals surface area contributed by atoms with E-state index in [9.17, 15) is 44.3 Å². The minimum absolute atomic E-state index is 3.62. The largest absolute Gasteiger partial charge is 0.373 e. The van der Waals surface area contributed by atoms with Gasteiger partial charge in [-0.15, -0.1) is 0 Å². The first-order chi connectivity index (χ1) is 7.53. The van der Waals surface area contributed by atoms with Gasteiger partial charge in [-0.25, -0.2) is 26.3 Å². The van der Waals surface area contributed by atoms with E-state index in [4.69, 9.17) is 0 Å². The predicted octanol–water partition coefficient (Wildman–Crippen LogP) is 2.74. The van der Waals surface area contributed by atoms with Crippen LogP contribution in [0.1, 0.15) is 0 Å². The van der Waals surface area contributed by atoms with Crippen molar-refractivity contribution in [3.8, 4) is 0 Å². The van der Waals surface area contributed by atoms with E-state index in [1.807, 2.05) is 0 Å². The van der Waals surface area contributed by atoms with E-state index in [2.05, 4.69) is 0 Å². The Morgan fingerprint density at radius 3 is 1.53 bits per heavy atom. The topological polar surface area (TPSA) is 17.1 Å². The number of alkyl halides is 8.